The zero-order chi connectivity index (χ0) is 15.4. The van der Waals surface area contributed by atoms with Crippen molar-refractivity contribution in [3.63, 3.8) is 0 Å². The molecular formula is C13H13N3O5. The van der Waals surface area contributed by atoms with Crippen LogP contribution in [0.3, 0.4) is 0 Å². The summed E-state index contributed by atoms with van der Waals surface area (Å²) in [5.41, 5.74) is 2.85. The molecule has 8 heteroatoms. The first-order valence-corrected chi connectivity index (χ1v) is 5.97. The predicted molar refractivity (Wildman–Crippen MR) is 72.5 cm³/mol. The number of nitro groups is 1. The van der Waals surface area contributed by atoms with Crippen LogP contribution in [-0.4, -0.2) is 10.8 Å². The van der Waals surface area contributed by atoms with Crippen molar-refractivity contribution in [1.29, 1.82) is 0 Å². The van der Waals surface area contributed by atoms with Gasteiger partial charge >= 0.3 is 5.69 Å². The number of nitrogens with two attached hydrogens (primary N) is 1. The number of hydrogen-bond donors (Lipinski definition) is 2. The summed E-state index contributed by atoms with van der Waals surface area (Å²) in [7, 11) is 0. The highest BCUT2D eigenvalue weighted by Gasteiger charge is 2.16. The van der Waals surface area contributed by atoms with Crippen molar-refractivity contribution in [3.05, 3.63) is 57.5 Å². The highest BCUT2D eigenvalue weighted by atomic mass is 16.6. The average Bonchev–Trinajstić information content (AvgIpc) is 2.93. The Morgan fingerprint density at radius 2 is 2.24 bits per heavy atom. The van der Waals surface area contributed by atoms with Crippen molar-refractivity contribution in [2.45, 2.75) is 13.5 Å². The fourth-order valence-electron chi connectivity index (χ4n) is 1.70. The number of carbonyl (C=O) groups is 1. The topological polar surface area (TPSA) is 121 Å². The van der Waals surface area contributed by atoms with E-state index in [9.17, 15) is 14.9 Å². The predicted octanol–water partition coefficient (Wildman–Crippen LogP) is 1.68. The minimum Gasteiger partial charge on any atom is -0.479 e. The van der Waals surface area contributed by atoms with Gasteiger partial charge in [0.1, 0.15) is 18.6 Å². The van der Waals surface area contributed by atoms with Gasteiger partial charge in [-0.3, -0.25) is 20.3 Å². The van der Waals surface area contributed by atoms with E-state index in [1.54, 1.807) is 13.0 Å². The van der Waals surface area contributed by atoms with Gasteiger partial charge in [0.2, 0.25) is 0 Å². The average molecular weight is 291 g/mol. The largest absolute Gasteiger partial charge is 0.479 e. The molecule has 0 unspecified atom stereocenters. The molecule has 8 nitrogen and oxygen atoms in total. The molecule has 0 aliphatic rings. The molecule has 2 rings (SSSR count). The molecule has 1 aromatic heterocycles. The monoisotopic (exact) mass is 291 g/mol. The van der Waals surface area contributed by atoms with Crippen LogP contribution in [0.4, 0.5) is 5.69 Å². The van der Waals surface area contributed by atoms with Crippen molar-refractivity contribution >= 4 is 11.6 Å². The van der Waals surface area contributed by atoms with E-state index >= 15 is 0 Å². The Balaban J connectivity index is 2.11. The second-order valence-corrected chi connectivity index (χ2v) is 4.29. The summed E-state index contributed by atoms with van der Waals surface area (Å²) in [5.74, 6) is 4.99. The maximum absolute atomic E-state index is 11.3. The number of nitrogens with zero attached hydrogens (tertiary/aromatic N) is 1. The maximum atomic E-state index is 11.3. The number of hydrazine groups is 1. The van der Waals surface area contributed by atoms with E-state index in [4.69, 9.17) is 15.0 Å². The first-order chi connectivity index (χ1) is 10.0. The first-order valence-electron chi connectivity index (χ1n) is 5.97. The second-order valence-electron chi connectivity index (χ2n) is 4.29. The molecule has 1 heterocycles. The third-order valence-electron chi connectivity index (χ3n) is 2.73. The van der Waals surface area contributed by atoms with Crippen LogP contribution in [0, 0.1) is 17.0 Å². The molecule has 3 N–H and O–H groups in total. The number of benzene rings is 1. The molecule has 110 valence electrons. The quantitative estimate of drug-likeness (QED) is 0.374. The van der Waals surface area contributed by atoms with Crippen molar-refractivity contribution in [2.24, 2.45) is 5.84 Å². The SMILES string of the molecule is Cc1ccc(OCc2cc(C(=O)NN)co2)c([N+](=O)[O-])c1. The lowest BCUT2D eigenvalue weighted by Crippen LogP contribution is -2.29. The van der Waals surface area contributed by atoms with Gasteiger partial charge < -0.3 is 9.15 Å². The molecule has 21 heavy (non-hydrogen) atoms. The zero-order valence-electron chi connectivity index (χ0n) is 11.2. The number of amides is 1. The van der Waals surface area contributed by atoms with Crippen LogP contribution in [0.5, 0.6) is 5.75 Å². The normalized spacial score (nSPS) is 10.2. The Bertz CT molecular complexity index is 680. The Hall–Kier alpha value is -2.87. The van der Waals surface area contributed by atoms with Crippen LogP contribution in [-0.2, 0) is 6.61 Å². The van der Waals surface area contributed by atoms with E-state index in [-0.39, 0.29) is 23.6 Å². The Morgan fingerprint density at radius 1 is 1.48 bits per heavy atom. The number of ether oxygens (including phenoxy) is 1. The number of nitro benzene ring substituents is 1. The van der Waals surface area contributed by atoms with Crippen LogP contribution < -0.4 is 16.0 Å². The van der Waals surface area contributed by atoms with Crippen LogP contribution in [0.15, 0.2) is 34.9 Å². The molecule has 0 radical (unpaired) electrons. The first kappa shape index (κ1) is 14.5. The summed E-state index contributed by atoms with van der Waals surface area (Å²) >= 11 is 0. The summed E-state index contributed by atoms with van der Waals surface area (Å²) in [6, 6.07) is 6.09. The van der Waals surface area contributed by atoms with Crippen LogP contribution >= 0.6 is 0 Å². The van der Waals surface area contributed by atoms with Crippen molar-refractivity contribution < 1.29 is 18.9 Å². The Labute approximate surface area is 119 Å². The molecule has 0 aliphatic heterocycles. The molecule has 0 bridgehead atoms. The zero-order valence-corrected chi connectivity index (χ0v) is 11.2. The van der Waals surface area contributed by atoms with Crippen molar-refractivity contribution in [2.75, 3.05) is 0 Å². The fourth-order valence-corrected chi connectivity index (χ4v) is 1.70. The highest BCUT2D eigenvalue weighted by molar-refractivity contribution is 5.93. The van der Waals surface area contributed by atoms with E-state index in [2.05, 4.69) is 0 Å². The van der Waals surface area contributed by atoms with Gasteiger partial charge in [0, 0.05) is 6.07 Å². The van der Waals surface area contributed by atoms with Gasteiger partial charge in [0.15, 0.2) is 5.75 Å². The molecule has 2 aromatic rings. The van der Waals surface area contributed by atoms with Crippen molar-refractivity contribution in [3.8, 4) is 5.75 Å². The van der Waals surface area contributed by atoms with E-state index in [1.165, 1.54) is 24.5 Å². The van der Waals surface area contributed by atoms with Gasteiger partial charge in [-0.25, -0.2) is 5.84 Å². The summed E-state index contributed by atoms with van der Waals surface area (Å²) in [6.45, 7) is 1.71. The van der Waals surface area contributed by atoms with E-state index in [0.717, 1.165) is 5.56 Å². The molecule has 0 atom stereocenters. The second kappa shape index (κ2) is 6.06. The number of hydrogen-bond acceptors (Lipinski definition) is 6. The number of aryl methyl sites for hydroxylation is 1. The summed E-state index contributed by atoms with van der Waals surface area (Å²) < 4.78 is 10.5. The fraction of sp³-hybridized carbons (Fsp3) is 0.154. The molecule has 0 fully saturated rings. The number of rotatable bonds is 5. The Morgan fingerprint density at radius 3 is 2.90 bits per heavy atom. The third-order valence-corrected chi connectivity index (χ3v) is 2.73. The third kappa shape index (κ3) is 3.37. The summed E-state index contributed by atoms with van der Waals surface area (Å²) in [4.78, 5) is 21.7. The summed E-state index contributed by atoms with van der Waals surface area (Å²) in [6.07, 6.45) is 1.23. The molecule has 1 aromatic carbocycles. The van der Waals surface area contributed by atoms with Gasteiger partial charge in [0.05, 0.1) is 10.5 Å². The van der Waals surface area contributed by atoms with Gasteiger partial charge in [0.25, 0.3) is 5.91 Å². The van der Waals surface area contributed by atoms with E-state index in [0.29, 0.717) is 5.76 Å². The smallest absolute Gasteiger partial charge is 0.311 e. The molecule has 0 spiro atoms. The molecule has 0 saturated carbocycles. The highest BCUT2D eigenvalue weighted by Crippen LogP contribution is 2.28. The van der Waals surface area contributed by atoms with Crippen LogP contribution in [0.1, 0.15) is 21.7 Å². The number of nitrogens with one attached hydrogen (secondary N) is 1. The minimum absolute atomic E-state index is 0.0399. The molecule has 0 aliphatic carbocycles. The lowest BCUT2D eigenvalue weighted by atomic mass is 10.2. The Kier molecular flexibility index (Phi) is 4.19. The molecular weight excluding hydrogens is 278 g/mol. The lowest BCUT2D eigenvalue weighted by Gasteiger charge is -2.05. The minimum atomic E-state index is -0.516. The van der Waals surface area contributed by atoms with Gasteiger partial charge in [-0.15, -0.1) is 0 Å². The molecule has 1 amide bonds. The summed E-state index contributed by atoms with van der Waals surface area (Å²) in [5, 5.41) is 11.0. The van der Waals surface area contributed by atoms with Gasteiger partial charge in [-0.2, -0.15) is 0 Å². The van der Waals surface area contributed by atoms with Crippen molar-refractivity contribution in [1.82, 2.24) is 5.43 Å². The van der Waals surface area contributed by atoms with Gasteiger partial charge in [-0.05, 0) is 24.6 Å². The van der Waals surface area contributed by atoms with E-state index in [1.807, 2.05) is 5.43 Å². The number of carbonyl (C=O) groups excluding carboxylic acids is 1. The van der Waals surface area contributed by atoms with Crippen LogP contribution in [0.25, 0.3) is 0 Å². The van der Waals surface area contributed by atoms with Gasteiger partial charge in [-0.1, -0.05) is 6.07 Å². The van der Waals surface area contributed by atoms with Crippen LogP contribution in [0.2, 0.25) is 0 Å². The standard InChI is InChI=1S/C13H13N3O5/c1-8-2-3-12(11(4-8)16(18)19)21-7-10-5-9(6-20-10)13(17)15-14/h2-6H,7,14H2,1H3,(H,15,17). The lowest BCUT2D eigenvalue weighted by molar-refractivity contribution is -0.386. The maximum Gasteiger partial charge on any atom is 0.311 e. The molecule has 0 saturated heterocycles. The van der Waals surface area contributed by atoms with E-state index < -0.39 is 10.8 Å². The number of nitrogen functional groups attached to an aromatic ring is 1. The number of furan rings is 1.